The molecule has 0 spiro atoms. The van der Waals surface area contributed by atoms with Crippen LogP contribution in [-0.4, -0.2) is 45.7 Å². The van der Waals surface area contributed by atoms with Gasteiger partial charge in [0.05, 0.1) is 0 Å². The normalized spacial score (nSPS) is 19.2. The van der Waals surface area contributed by atoms with Crippen molar-refractivity contribution in [3.63, 3.8) is 0 Å². The molecule has 1 saturated heterocycles. The summed E-state index contributed by atoms with van der Waals surface area (Å²) in [5, 5.41) is 7.89. The molecule has 0 radical (unpaired) electrons. The molecule has 0 N–H and O–H groups in total. The molecular formula is C14H18N4O2. The molecule has 1 aliphatic rings. The molecule has 0 unspecified atom stereocenters. The molecule has 1 atom stereocenters. The van der Waals surface area contributed by atoms with E-state index in [1.807, 2.05) is 29.2 Å². The number of rotatable bonds is 3. The molecule has 106 valence electrons. The van der Waals surface area contributed by atoms with Gasteiger partial charge in [0.25, 0.3) is 5.91 Å². The monoisotopic (exact) mass is 274 g/mol. The molecule has 20 heavy (non-hydrogen) atoms. The number of hydrogen-bond donors (Lipinski definition) is 0. The Morgan fingerprint density at radius 1 is 1.45 bits per heavy atom. The molecule has 1 amide bonds. The highest BCUT2D eigenvalue weighted by atomic mass is 16.7. The van der Waals surface area contributed by atoms with Crippen LogP contribution in [0.1, 0.15) is 19.8 Å². The minimum absolute atomic E-state index is 0.0000737. The lowest BCUT2D eigenvalue weighted by molar-refractivity contribution is -0.138. The van der Waals surface area contributed by atoms with E-state index in [0.717, 1.165) is 30.5 Å². The zero-order chi connectivity index (χ0) is 13.9. The average Bonchev–Trinajstić information content (AvgIpc) is 2.88. The Labute approximate surface area is 117 Å². The minimum atomic E-state index is 0.0000737. The van der Waals surface area contributed by atoms with Crippen LogP contribution in [0.5, 0.6) is 0 Å². The zero-order valence-corrected chi connectivity index (χ0v) is 11.5. The molecule has 1 aromatic heterocycles. The van der Waals surface area contributed by atoms with Gasteiger partial charge < -0.3 is 9.74 Å². The first-order valence-electron chi connectivity index (χ1n) is 6.95. The highest BCUT2D eigenvalue weighted by Crippen LogP contribution is 2.15. The quantitative estimate of drug-likeness (QED) is 0.841. The van der Waals surface area contributed by atoms with Crippen molar-refractivity contribution in [1.82, 2.24) is 20.1 Å². The van der Waals surface area contributed by atoms with Crippen LogP contribution in [0.4, 0.5) is 0 Å². The average molecular weight is 274 g/mol. The van der Waals surface area contributed by atoms with Crippen LogP contribution in [0.3, 0.4) is 0 Å². The molecule has 2 aromatic rings. The molecule has 2 heterocycles. The predicted molar refractivity (Wildman–Crippen MR) is 74.0 cm³/mol. The number of aromatic nitrogens is 3. The van der Waals surface area contributed by atoms with Crippen molar-refractivity contribution in [2.75, 3.05) is 19.7 Å². The van der Waals surface area contributed by atoms with Crippen LogP contribution in [0.15, 0.2) is 24.3 Å². The number of piperidine rings is 1. The largest absolute Gasteiger partial charge is 0.385 e. The van der Waals surface area contributed by atoms with Crippen LogP contribution in [-0.2, 0) is 4.79 Å². The topological polar surface area (TPSA) is 60.2 Å². The molecule has 1 fully saturated rings. The number of hydrogen-bond acceptors (Lipinski definition) is 4. The first-order chi connectivity index (χ1) is 9.74. The van der Waals surface area contributed by atoms with Gasteiger partial charge in [-0.1, -0.05) is 23.9 Å². The Hall–Kier alpha value is -2.11. The fourth-order valence-electron chi connectivity index (χ4n) is 2.57. The maximum Gasteiger partial charge on any atom is 0.263 e. The van der Waals surface area contributed by atoms with Gasteiger partial charge >= 0.3 is 0 Å². The number of nitrogens with zero attached hydrogens (tertiary/aromatic N) is 4. The smallest absolute Gasteiger partial charge is 0.263 e. The molecule has 6 nitrogen and oxygen atoms in total. The van der Waals surface area contributed by atoms with Crippen LogP contribution in [0.2, 0.25) is 0 Å². The van der Waals surface area contributed by atoms with Crippen molar-refractivity contribution in [1.29, 1.82) is 0 Å². The molecule has 0 bridgehead atoms. The Morgan fingerprint density at radius 3 is 3.15 bits per heavy atom. The second kappa shape index (κ2) is 5.48. The van der Waals surface area contributed by atoms with Crippen molar-refractivity contribution in [2.24, 2.45) is 5.92 Å². The molecule has 0 aliphatic carbocycles. The van der Waals surface area contributed by atoms with E-state index in [9.17, 15) is 4.79 Å². The summed E-state index contributed by atoms with van der Waals surface area (Å²) in [6.07, 6.45) is 2.26. The van der Waals surface area contributed by atoms with Crippen molar-refractivity contribution >= 4 is 16.9 Å². The van der Waals surface area contributed by atoms with Crippen LogP contribution in [0, 0.1) is 5.92 Å². The Morgan fingerprint density at radius 2 is 2.30 bits per heavy atom. The molecule has 1 aliphatic heterocycles. The van der Waals surface area contributed by atoms with Gasteiger partial charge in [0.1, 0.15) is 11.0 Å². The van der Waals surface area contributed by atoms with E-state index in [2.05, 4.69) is 17.2 Å². The van der Waals surface area contributed by atoms with Gasteiger partial charge in [0, 0.05) is 13.1 Å². The Bertz CT molecular complexity index is 610. The summed E-state index contributed by atoms with van der Waals surface area (Å²) in [4.78, 5) is 20.8. The van der Waals surface area contributed by atoms with Gasteiger partial charge in [0.15, 0.2) is 6.61 Å². The third kappa shape index (κ3) is 2.59. The number of benzene rings is 1. The highest BCUT2D eigenvalue weighted by Gasteiger charge is 2.21. The number of amides is 1. The molecule has 1 aromatic carbocycles. The standard InChI is InChI=1S/C14H18N4O2/c1-11-5-4-8-17(9-11)14(19)10-20-18-13-7-3-2-6-12(13)15-16-18/h2-3,6-7,11H,4-5,8-10H2,1H3/t11-/m0/s1. The van der Waals surface area contributed by atoms with E-state index in [1.165, 1.54) is 11.3 Å². The maximum absolute atomic E-state index is 12.1. The van der Waals surface area contributed by atoms with E-state index < -0.39 is 0 Å². The second-order valence-corrected chi connectivity index (χ2v) is 5.31. The molecule has 6 heteroatoms. The van der Waals surface area contributed by atoms with E-state index in [1.54, 1.807) is 0 Å². The van der Waals surface area contributed by atoms with E-state index in [4.69, 9.17) is 4.84 Å². The van der Waals surface area contributed by atoms with Crippen molar-refractivity contribution < 1.29 is 9.63 Å². The SMILES string of the molecule is C[C@H]1CCCN(C(=O)COn2nnc3ccccc32)C1. The zero-order valence-electron chi connectivity index (χ0n) is 11.5. The van der Waals surface area contributed by atoms with E-state index in [0.29, 0.717) is 5.92 Å². The van der Waals surface area contributed by atoms with Gasteiger partial charge in [-0.2, -0.15) is 0 Å². The molecule has 0 saturated carbocycles. The summed E-state index contributed by atoms with van der Waals surface area (Å²) in [5.41, 5.74) is 1.53. The third-order valence-corrected chi connectivity index (χ3v) is 3.64. The fraction of sp³-hybridized carbons (Fsp3) is 0.500. The van der Waals surface area contributed by atoms with E-state index in [-0.39, 0.29) is 12.5 Å². The lowest BCUT2D eigenvalue weighted by Gasteiger charge is -2.30. The summed E-state index contributed by atoms with van der Waals surface area (Å²) in [5.74, 6) is 0.580. The summed E-state index contributed by atoms with van der Waals surface area (Å²) < 4.78 is 0. The number of carbonyl (C=O) groups is 1. The van der Waals surface area contributed by atoms with Crippen molar-refractivity contribution in [3.05, 3.63) is 24.3 Å². The number of fused-ring (bicyclic) bond motifs is 1. The second-order valence-electron chi connectivity index (χ2n) is 5.31. The Kier molecular flexibility index (Phi) is 3.54. The lowest BCUT2D eigenvalue weighted by Crippen LogP contribution is -2.42. The van der Waals surface area contributed by atoms with Gasteiger partial charge in [-0.15, -0.1) is 5.10 Å². The fourth-order valence-corrected chi connectivity index (χ4v) is 2.57. The number of carbonyl (C=O) groups excluding carboxylic acids is 1. The van der Waals surface area contributed by atoms with Gasteiger partial charge in [-0.3, -0.25) is 4.79 Å². The van der Waals surface area contributed by atoms with Gasteiger partial charge in [0.2, 0.25) is 0 Å². The van der Waals surface area contributed by atoms with Crippen LogP contribution < -0.4 is 4.84 Å². The lowest BCUT2D eigenvalue weighted by atomic mass is 10.0. The van der Waals surface area contributed by atoms with Crippen molar-refractivity contribution in [2.45, 2.75) is 19.8 Å². The molecular weight excluding hydrogens is 256 g/mol. The minimum Gasteiger partial charge on any atom is -0.385 e. The van der Waals surface area contributed by atoms with Gasteiger partial charge in [-0.05, 0) is 36.1 Å². The number of para-hydroxylation sites is 1. The van der Waals surface area contributed by atoms with E-state index >= 15 is 0 Å². The summed E-state index contributed by atoms with van der Waals surface area (Å²) in [6, 6.07) is 7.50. The summed E-state index contributed by atoms with van der Waals surface area (Å²) in [6.45, 7) is 3.82. The first kappa shape index (κ1) is 12.9. The highest BCUT2D eigenvalue weighted by molar-refractivity contribution is 5.78. The predicted octanol–water partition coefficient (Wildman–Crippen LogP) is 1.12. The first-order valence-corrected chi connectivity index (χ1v) is 6.95. The van der Waals surface area contributed by atoms with Crippen molar-refractivity contribution in [3.8, 4) is 0 Å². The maximum atomic E-state index is 12.1. The van der Waals surface area contributed by atoms with Crippen LogP contribution in [0.25, 0.3) is 11.0 Å². The molecule has 3 rings (SSSR count). The summed E-state index contributed by atoms with van der Waals surface area (Å²) >= 11 is 0. The third-order valence-electron chi connectivity index (χ3n) is 3.64. The number of likely N-dealkylation sites (tertiary alicyclic amines) is 1. The van der Waals surface area contributed by atoms with Gasteiger partial charge in [-0.25, -0.2) is 0 Å². The summed E-state index contributed by atoms with van der Waals surface area (Å²) in [7, 11) is 0. The van der Waals surface area contributed by atoms with Crippen LogP contribution >= 0.6 is 0 Å². The Balaban J connectivity index is 1.63.